The third-order valence-corrected chi connectivity index (χ3v) is 3.80. The number of carbonyl (C=O) groups excluding carboxylic acids is 1. The van der Waals surface area contributed by atoms with Crippen LogP contribution in [0.25, 0.3) is 0 Å². The van der Waals surface area contributed by atoms with Crippen molar-refractivity contribution < 1.29 is 9.53 Å². The number of ketones is 1. The molecule has 2 heteroatoms. The molecule has 1 rings (SSSR count). The minimum absolute atomic E-state index is 0.267. The SMILES string of the molecule is CCCCCCCCC(=O)c1cc(C)c(OC)cc1C. The van der Waals surface area contributed by atoms with Crippen molar-refractivity contribution in [2.45, 2.75) is 65.7 Å². The van der Waals surface area contributed by atoms with Crippen LogP contribution in [0.2, 0.25) is 0 Å². The Hall–Kier alpha value is -1.31. The topological polar surface area (TPSA) is 26.3 Å². The molecule has 20 heavy (non-hydrogen) atoms. The van der Waals surface area contributed by atoms with Gasteiger partial charge in [0.1, 0.15) is 5.75 Å². The summed E-state index contributed by atoms with van der Waals surface area (Å²) in [5.41, 5.74) is 2.91. The van der Waals surface area contributed by atoms with E-state index in [1.54, 1.807) is 7.11 Å². The van der Waals surface area contributed by atoms with Gasteiger partial charge in [-0.25, -0.2) is 0 Å². The van der Waals surface area contributed by atoms with Gasteiger partial charge in [-0.15, -0.1) is 0 Å². The normalized spacial score (nSPS) is 10.6. The Morgan fingerprint density at radius 2 is 1.65 bits per heavy atom. The van der Waals surface area contributed by atoms with Crippen molar-refractivity contribution in [1.82, 2.24) is 0 Å². The maximum Gasteiger partial charge on any atom is 0.163 e. The van der Waals surface area contributed by atoms with Crippen LogP contribution in [0.1, 0.15) is 73.4 Å². The highest BCUT2D eigenvalue weighted by atomic mass is 16.5. The summed E-state index contributed by atoms with van der Waals surface area (Å²) in [7, 11) is 1.67. The largest absolute Gasteiger partial charge is 0.496 e. The van der Waals surface area contributed by atoms with E-state index < -0.39 is 0 Å². The molecule has 2 nitrogen and oxygen atoms in total. The number of hydrogen-bond acceptors (Lipinski definition) is 2. The summed E-state index contributed by atoms with van der Waals surface area (Å²) >= 11 is 0. The number of methoxy groups -OCH3 is 1. The van der Waals surface area contributed by atoms with Gasteiger partial charge in [-0.3, -0.25) is 4.79 Å². The van der Waals surface area contributed by atoms with Gasteiger partial charge < -0.3 is 4.74 Å². The number of benzene rings is 1. The Kier molecular flexibility index (Phi) is 7.35. The van der Waals surface area contributed by atoms with E-state index in [-0.39, 0.29) is 5.78 Å². The first-order chi connectivity index (χ1) is 9.60. The molecule has 0 aliphatic heterocycles. The summed E-state index contributed by atoms with van der Waals surface area (Å²) < 4.78 is 5.29. The lowest BCUT2D eigenvalue weighted by Crippen LogP contribution is -2.03. The van der Waals surface area contributed by atoms with Crippen molar-refractivity contribution >= 4 is 5.78 Å². The van der Waals surface area contributed by atoms with E-state index in [9.17, 15) is 4.79 Å². The lowest BCUT2D eigenvalue weighted by molar-refractivity contribution is 0.0978. The minimum atomic E-state index is 0.267. The van der Waals surface area contributed by atoms with Crippen molar-refractivity contribution in [3.05, 3.63) is 28.8 Å². The highest BCUT2D eigenvalue weighted by molar-refractivity contribution is 5.97. The quantitative estimate of drug-likeness (QED) is 0.455. The molecule has 1 aromatic carbocycles. The van der Waals surface area contributed by atoms with Gasteiger partial charge >= 0.3 is 0 Å². The van der Waals surface area contributed by atoms with Crippen molar-refractivity contribution in [2.75, 3.05) is 7.11 Å². The molecule has 112 valence electrons. The second kappa shape index (κ2) is 8.78. The van der Waals surface area contributed by atoms with Crippen LogP contribution < -0.4 is 4.74 Å². The molecule has 0 aromatic heterocycles. The van der Waals surface area contributed by atoms with Gasteiger partial charge in [-0.1, -0.05) is 39.0 Å². The van der Waals surface area contributed by atoms with Gasteiger partial charge in [0, 0.05) is 12.0 Å². The number of Topliss-reactive ketones (excluding diaryl/α,β-unsaturated/α-hetero) is 1. The predicted octanol–water partition coefficient (Wildman–Crippen LogP) is 5.25. The molecule has 1 aromatic rings. The van der Waals surface area contributed by atoms with Crippen LogP contribution >= 0.6 is 0 Å². The van der Waals surface area contributed by atoms with Crippen LogP contribution in [0.15, 0.2) is 12.1 Å². The molecular weight excluding hydrogens is 248 g/mol. The second-order valence-electron chi connectivity index (χ2n) is 5.58. The fourth-order valence-electron chi connectivity index (χ4n) is 2.51. The highest BCUT2D eigenvalue weighted by Crippen LogP contribution is 2.24. The lowest BCUT2D eigenvalue weighted by Gasteiger charge is -2.10. The first kappa shape index (κ1) is 16.7. The third-order valence-electron chi connectivity index (χ3n) is 3.80. The number of aryl methyl sites for hydroxylation is 2. The van der Waals surface area contributed by atoms with Gasteiger partial charge in [-0.2, -0.15) is 0 Å². The molecule has 0 atom stereocenters. The van der Waals surface area contributed by atoms with E-state index in [0.29, 0.717) is 6.42 Å². The van der Waals surface area contributed by atoms with Crippen molar-refractivity contribution in [3.63, 3.8) is 0 Å². The fraction of sp³-hybridized carbons (Fsp3) is 0.611. The average molecular weight is 276 g/mol. The number of ether oxygens (including phenoxy) is 1. The standard InChI is InChI=1S/C18H28O2/c1-5-6-7-8-9-10-11-17(19)16-12-15(3)18(20-4)13-14(16)2/h12-13H,5-11H2,1-4H3. The summed E-state index contributed by atoms with van der Waals surface area (Å²) in [6.07, 6.45) is 7.97. The second-order valence-corrected chi connectivity index (χ2v) is 5.58. The molecule has 0 bridgehead atoms. The summed E-state index contributed by atoms with van der Waals surface area (Å²) in [6.45, 7) is 6.19. The molecule has 0 amide bonds. The van der Waals surface area contributed by atoms with Gasteiger partial charge in [0.05, 0.1) is 7.11 Å². The molecule has 0 spiro atoms. The van der Waals surface area contributed by atoms with Gasteiger partial charge in [0.25, 0.3) is 0 Å². The van der Waals surface area contributed by atoms with Crippen LogP contribution in [0, 0.1) is 13.8 Å². The maximum atomic E-state index is 12.3. The summed E-state index contributed by atoms with van der Waals surface area (Å²) in [4.78, 5) is 12.3. The maximum absolute atomic E-state index is 12.3. The molecule has 0 heterocycles. The molecule has 0 saturated carbocycles. The Morgan fingerprint density at radius 1 is 1.00 bits per heavy atom. The Balaban J connectivity index is 2.49. The molecule has 0 saturated heterocycles. The van der Waals surface area contributed by atoms with Crippen molar-refractivity contribution in [3.8, 4) is 5.75 Å². The molecular formula is C18H28O2. The number of hydrogen-bond donors (Lipinski definition) is 0. The Labute approximate surface area is 123 Å². The van der Waals surface area contributed by atoms with E-state index in [1.165, 1.54) is 32.1 Å². The first-order valence-corrected chi connectivity index (χ1v) is 7.78. The zero-order chi connectivity index (χ0) is 15.0. The van der Waals surface area contributed by atoms with E-state index >= 15 is 0 Å². The average Bonchev–Trinajstić information content (AvgIpc) is 2.44. The monoisotopic (exact) mass is 276 g/mol. The Morgan fingerprint density at radius 3 is 2.30 bits per heavy atom. The van der Waals surface area contributed by atoms with Crippen LogP contribution in [0.5, 0.6) is 5.75 Å². The summed E-state index contributed by atoms with van der Waals surface area (Å²) in [5, 5.41) is 0. The van der Waals surface area contributed by atoms with Crippen LogP contribution in [-0.4, -0.2) is 12.9 Å². The predicted molar refractivity (Wildman–Crippen MR) is 84.8 cm³/mol. The smallest absolute Gasteiger partial charge is 0.163 e. The fourth-order valence-corrected chi connectivity index (χ4v) is 2.51. The van der Waals surface area contributed by atoms with Crippen molar-refractivity contribution in [1.29, 1.82) is 0 Å². The third kappa shape index (κ3) is 4.99. The van der Waals surface area contributed by atoms with Crippen LogP contribution in [0.3, 0.4) is 0 Å². The van der Waals surface area contributed by atoms with Crippen LogP contribution in [0.4, 0.5) is 0 Å². The number of unbranched alkanes of at least 4 members (excludes halogenated alkanes) is 5. The van der Waals surface area contributed by atoms with E-state index in [0.717, 1.165) is 28.9 Å². The molecule has 0 aliphatic carbocycles. The van der Waals surface area contributed by atoms with Crippen LogP contribution in [-0.2, 0) is 0 Å². The van der Waals surface area contributed by atoms with Gasteiger partial charge in [0.2, 0.25) is 0 Å². The molecule has 0 fully saturated rings. The summed E-state index contributed by atoms with van der Waals surface area (Å²) in [5.74, 6) is 1.13. The number of rotatable bonds is 9. The van der Waals surface area contributed by atoms with E-state index in [2.05, 4.69) is 6.92 Å². The summed E-state index contributed by atoms with van der Waals surface area (Å²) in [6, 6.07) is 3.93. The molecule has 0 radical (unpaired) electrons. The Bertz CT molecular complexity index is 435. The van der Waals surface area contributed by atoms with Crippen molar-refractivity contribution in [2.24, 2.45) is 0 Å². The van der Waals surface area contributed by atoms with E-state index in [4.69, 9.17) is 4.74 Å². The zero-order valence-electron chi connectivity index (χ0n) is 13.4. The highest BCUT2D eigenvalue weighted by Gasteiger charge is 2.11. The van der Waals surface area contributed by atoms with Gasteiger partial charge in [-0.05, 0) is 43.5 Å². The molecule has 0 unspecified atom stereocenters. The van der Waals surface area contributed by atoms with Gasteiger partial charge in [0.15, 0.2) is 5.78 Å². The molecule has 0 aliphatic rings. The zero-order valence-corrected chi connectivity index (χ0v) is 13.4. The van der Waals surface area contributed by atoms with E-state index in [1.807, 2.05) is 26.0 Å². The number of carbonyl (C=O) groups is 1. The molecule has 0 N–H and O–H groups in total. The first-order valence-electron chi connectivity index (χ1n) is 7.78. The lowest BCUT2D eigenvalue weighted by atomic mass is 9.97. The minimum Gasteiger partial charge on any atom is -0.496 e.